The van der Waals surface area contributed by atoms with E-state index in [9.17, 15) is 19.2 Å². The van der Waals surface area contributed by atoms with Crippen molar-refractivity contribution in [2.75, 3.05) is 18.5 Å². The summed E-state index contributed by atoms with van der Waals surface area (Å²) in [5.41, 5.74) is 0.295. The normalized spacial score (nSPS) is 27.9. The van der Waals surface area contributed by atoms with Gasteiger partial charge in [0.25, 0.3) is 5.91 Å². The highest BCUT2D eigenvalue weighted by molar-refractivity contribution is 6.35. The highest BCUT2D eigenvalue weighted by Gasteiger charge is 2.61. The number of hydrogen-bond acceptors (Lipinski definition) is 5. The van der Waals surface area contributed by atoms with Gasteiger partial charge in [-0.1, -0.05) is 23.2 Å². The molecular weight excluding hydrogens is 407 g/mol. The number of benzene rings is 1. The third-order valence-corrected chi connectivity index (χ3v) is 6.44. The van der Waals surface area contributed by atoms with Crippen molar-refractivity contribution < 1.29 is 23.9 Å². The summed E-state index contributed by atoms with van der Waals surface area (Å²) in [6.45, 7) is -1.02. The molecule has 28 heavy (non-hydrogen) atoms. The minimum atomic E-state index is -0.804. The van der Waals surface area contributed by atoms with Crippen LogP contribution in [0.5, 0.6) is 0 Å². The molecule has 0 aromatic heterocycles. The molecule has 4 atom stereocenters. The lowest BCUT2D eigenvalue weighted by Crippen LogP contribution is -2.38. The van der Waals surface area contributed by atoms with Crippen molar-refractivity contribution in [1.82, 2.24) is 4.90 Å². The number of nitrogens with one attached hydrogen (secondary N) is 1. The molecule has 1 aromatic rings. The Morgan fingerprint density at radius 1 is 1.11 bits per heavy atom. The molecule has 1 aliphatic heterocycles. The van der Waals surface area contributed by atoms with Crippen LogP contribution in [0.3, 0.4) is 0 Å². The predicted octanol–water partition coefficient (Wildman–Crippen LogP) is 2.51. The van der Waals surface area contributed by atoms with Crippen molar-refractivity contribution in [2.24, 2.45) is 23.7 Å². The number of ether oxygens (including phenoxy) is 1. The molecule has 9 heteroatoms. The lowest BCUT2D eigenvalue weighted by molar-refractivity contribution is -0.154. The summed E-state index contributed by atoms with van der Waals surface area (Å²) < 4.78 is 4.92. The van der Waals surface area contributed by atoms with Gasteiger partial charge < -0.3 is 10.1 Å². The number of imide groups is 1. The van der Waals surface area contributed by atoms with E-state index < -0.39 is 25.0 Å². The maximum Gasteiger partial charge on any atom is 0.326 e. The molecule has 2 saturated carbocycles. The fourth-order valence-corrected chi connectivity index (χ4v) is 5.06. The first-order valence-electron chi connectivity index (χ1n) is 9.11. The molecule has 148 valence electrons. The van der Waals surface area contributed by atoms with Crippen LogP contribution >= 0.6 is 23.2 Å². The zero-order valence-electron chi connectivity index (χ0n) is 14.8. The zero-order chi connectivity index (χ0) is 20.0. The lowest BCUT2D eigenvalue weighted by atomic mass is 9.81. The van der Waals surface area contributed by atoms with E-state index in [2.05, 4.69) is 5.32 Å². The van der Waals surface area contributed by atoms with Crippen molar-refractivity contribution in [1.29, 1.82) is 0 Å². The Labute approximate surface area is 171 Å². The third-order valence-electron chi connectivity index (χ3n) is 5.87. The number of nitrogens with zero attached hydrogens (tertiary/aromatic N) is 1. The number of fused-ring (bicyclic) bond motifs is 5. The van der Waals surface area contributed by atoms with E-state index in [0.29, 0.717) is 15.7 Å². The molecule has 0 unspecified atom stereocenters. The molecule has 7 nitrogen and oxygen atoms in total. The van der Waals surface area contributed by atoms with Crippen LogP contribution in [-0.4, -0.2) is 41.7 Å². The van der Waals surface area contributed by atoms with E-state index >= 15 is 0 Å². The second-order valence-corrected chi connectivity index (χ2v) is 8.32. The predicted molar refractivity (Wildman–Crippen MR) is 101 cm³/mol. The molecule has 3 fully saturated rings. The van der Waals surface area contributed by atoms with E-state index in [1.54, 1.807) is 6.07 Å². The van der Waals surface area contributed by atoms with Crippen LogP contribution in [0.15, 0.2) is 18.2 Å². The standard InChI is InChI=1S/C19H18Cl2N2O5/c20-11-3-4-12(21)13(6-11)22-14(24)8-28-15(25)7-23-18(26)16-9-1-2-10(5-9)17(16)19(23)27/h3-4,6,9-10,16-17H,1-2,5,7-8H2,(H,22,24)/t9-,10-,16-,17-/m0/s1. The number of carbonyl (C=O) groups excluding carboxylic acids is 4. The maximum absolute atomic E-state index is 12.6. The topological polar surface area (TPSA) is 92.8 Å². The number of halogens is 2. The van der Waals surface area contributed by atoms with Crippen LogP contribution < -0.4 is 5.32 Å². The van der Waals surface area contributed by atoms with Crippen LogP contribution in [0.1, 0.15) is 19.3 Å². The van der Waals surface area contributed by atoms with Gasteiger partial charge in [-0.2, -0.15) is 0 Å². The van der Waals surface area contributed by atoms with Gasteiger partial charge in [0.2, 0.25) is 11.8 Å². The fraction of sp³-hybridized carbons (Fsp3) is 0.474. The minimum Gasteiger partial charge on any atom is -0.454 e. The van der Waals surface area contributed by atoms with E-state index in [1.807, 2.05) is 0 Å². The number of hydrogen-bond donors (Lipinski definition) is 1. The van der Waals surface area contributed by atoms with Gasteiger partial charge in [0.1, 0.15) is 6.54 Å². The number of amides is 3. The zero-order valence-corrected chi connectivity index (χ0v) is 16.3. The van der Waals surface area contributed by atoms with Crippen LogP contribution in [-0.2, 0) is 23.9 Å². The molecule has 1 N–H and O–H groups in total. The molecule has 0 spiro atoms. The van der Waals surface area contributed by atoms with Crippen LogP contribution in [0.4, 0.5) is 5.69 Å². The van der Waals surface area contributed by atoms with Gasteiger partial charge >= 0.3 is 5.97 Å². The summed E-state index contributed by atoms with van der Waals surface area (Å²) in [5.74, 6) is -2.04. The smallest absolute Gasteiger partial charge is 0.326 e. The van der Waals surface area contributed by atoms with Gasteiger partial charge in [-0.15, -0.1) is 0 Å². The van der Waals surface area contributed by atoms with Gasteiger partial charge in [0, 0.05) is 5.02 Å². The summed E-state index contributed by atoms with van der Waals surface area (Å²) in [6.07, 6.45) is 2.86. The highest BCUT2D eigenvalue weighted by atomic mass is 35.5. The molecule has 3 amide bonds. The average molecular weight is 425 g/mol. The Morgan fingerprint density at radius 3 is 2.39 bits per heavy atom. The van der Waals surface area contributed by atoms with Gasteiger partial charge in [-0.3, -0.25) is 24.1 Å². The molecule has 1 aromatic carbocycles. The molecule has 1 saturated heterocycles. The van der Waals surface area contributed by atoms with E-state index in [-0.39, 0.29) is 35.5 Å². The van der Waals surface area contributed by atoms with Crippen molar-refractivity contribution in [3.05, 3.63) is 28.2 Å². The van der Waals surface area contributed by atoms with E-state index in [4.69, 9.17) is 27.9 Å². The largest absolute Gasteiger partial charge is 0.454 e. The summed E-state index contributed by atoms with van der Waals surface area (Å²) in [7, 11) is 0. The summed E-state index contributed by atoms with van der Waals surface area (Å²) in [5, 5.41) is 3.17. The highest BCUT2D eigenvalue weighted by Crippen LogP contribution is 2.56. The quantitative estimate of drug-likeness (QED) is 0.578. The Hall–Kier alpha value is -2.12. The van der Waals surface area contributed by atoms with Crippen LogP contribution in [0.25, 0.3) is 0 Å². The SMILES string of the molecule is O=C(COC(=O)CN1C(=O)[C@H]2[C@H]3CC[C@@H](C3)[C@@H]2C1=O)Nc1cc(Cl)ccc1Cl. The second kappa shape index (κ2) is 7.37. The van der Waals surface area contributed by atoms with Crippen molar-refractivity contribution in [3.63, 3.8) is 0 Å². The maximum atomic E-state index is 12.6. The summed E-state index contributed by atoms with van der Waals surface area (Å²) in [4.78, 5) is 50.2. The Balaban J connectivity index is 1.30. The molecule has 4 rings (SSSR count). The van der Waals surface area contributed by atoms with Gasteiger partial charge in [-0.05, 0) is 49.3 Å². The number of esters is 1. The first-order chi connectivity index (χ1) is 13.3. The monoisotopic (exact) mass is 424 g/mol. The third kappa shape index (κ3) is 3.37. The lowest BCUT2D eigenvalue weighted by Gasteiger charge is -2.19. The van der Waals surface area contributed by atoms with Crippen molar-refractivity contribution in [2.45, 2.75) is 19.3 Å². The minimum absolute atomic E-state index is 0.251. The Morgan fingerprint density at radius 2 is 1.75 bits per heavy atom. The van der Waals surface area contributed by atoms with Crippen LogP contribution in [0.2, 0.25) is 10.0 Å². The van der Waals surface area contributed by atoms with Crippen molar-refractivity contribution in [3.8, 4) is 0 Å². The molecule has 1 heterocycles. The van der Waals surface area contributed by atoms with Crippen LogP contribution in [0, 0.1) is 23.7 Å². The second-order valence-electron chi connectivity index (χ2n) is 7.48. The van der Waals surface area contributed by atoms with E-state index in [0.717, 1.165) is 24.2 Å². The Bertz CT molecular complexity index is 846. The number of rotatable bonds is 5. The van der Waals surface area contributed by atoms with Gasteiger partial charge in [0.15, 0.2) is 6.61 Å². The molecular formula is C19H18Cl2N2O5. The van der Waals surface area contributed by atoms with E-state index in [1.165, 1.54) is 12.1 Å². The number of carbonyl (C=O) groups is 4. The first-order valence-corrected chi connectivity index (χ1v) is 9.86. The Kier molecular flexibility index (Phi) is 5.05. The summed E-state index contributed by atoms with van der Waals surface area (Å²) >= 11 is 11.8. The first kappa shape index (κ1) is 19.2. The number of likely N-dealkylation sites (tertiary alicyclic amines) is 1. The van der Waals surface area contributed by atoms with Gasteiger partial charge in [0.05, 0.1) is 22.5 Å². The summed E-state index contributed by atoms with van der Waals surface area (Å²) in [6, 6.07) is 4.57. The number of anilines is 1. The fourth-order valence-electron chi connectivity index (χ4n) is 4.73. The molecule has 3 aliphatic rings. The van der Waals surface area contributed by atoms with Gasteiger partial charge in [-0.25, -0.2) is 0 Å². The molecule has 0 radical (unpaired) electrons. The van der Waals surface area contributed by atoms with Crippen molar-refractivity contribution >= 4 is 52.6 Å². The average Bonchev–Trinajstić information content (AvgIpc) is 3.33. The molecule has 2 bridgehead atoms. The molecule has 2 aliphatic carbocycles.